The van der Waals surface area contributed by atoms with Crippen LogP contribution in [0.1, 0.15) is 52.9 Å². The van der Waals surface area contributed by atoms with Gasteiger partial charge in [0.1, 0.15) is 12.7 Å². The van der Waals surface area contributed by atoms with Crippen LogP contribution in [0.25, 0.3) is 0 Å². The summed E-state index contributed by atoms with van der Waals surface area (Å²) in [5.41, 5.74) is -0.0872. The van der Waals surface area contributed by atoms with E-state index in [2.05, 4.69) is 13.5 Å². The number of cyclic esters (lactones) is 1. The third-order valence-corrected chi connectivity index (χ3v) is 7.86. The molecule has 0 bridgehead atoms. The van der Waals surface area contributed by atoms with Gasteiger partial charge < -0.3 is 20.1 Å². The van der Waals surface area contributed by atoms with Gasteiger partial charge in [-0.15, -0.1) is 0 Å². The number of fused-ring (bicyclic) bond motifs is 1. The van der Waals surface area contributed by atoms with Gasteiger partial charge in [-0.25, -0.2) is 4.79 Å². The lowest BCUT2D eigenvalue weighted by Crippen LogP contribution is -2.62. The van der Waals surface area contributed by atoms with Crippen LogP contribution in [0, 0.1) is 22.7 Å². The fourth-order valence-electron chi connectivity index (χ4n) is 5.76. The molecule has 0 unspecified atom stereocenters. The van der Waals surface area contributed by atoms with Gasteiger partial charge in [-0.3, -0.25) is 0 Å². The number of aliphatic hydroxyl groups excluding tert-OH is 2. The number of carbonyl (C=O) groups excluding carboxylic acids is 1. The Balaban J connectivity index is 1.92. The molecule has 2 saturated carbocycles. The van der Waals surface area contributed by atoms with Gasteiger partial charge in [-0.1, -0.05) is 32.1 Å². The first-order chi connectivity index (χ1) is 12.1. The van der Waals surface area contributed by atoms with E-state index in [1.165, 1.54) is 0 Å². The zero-order valence-electron chi connectivity index (χ0n) is 16.1. The van der Waals surface area contributed by atoms with E-state index in [0.717, 1.165) is 24.8 Å². The molecule has 1 saturated heterocycles. The van der Waals surface area contributed by atoms with E-state index in [9.17, 15) is 20.1 Å². The number of allylic oxidation sites excluding steroid dienone is 2. The summed E-state index contributed by atoms with van der Waals surface area (Å²) >= 11 is 0. The predicted molar refractivity (Wildman–Crippen MR) is 98.2 cm³/mol. The monoisotopic (exact) mass is 364 g/mol. The molecule has 26 heavy (non-hydrogen) atoms. The molecule has 0 aromatic heterocycles. The number of carbonyl (C=O) groups is 1. The Bertz CT molecular complexity index is 636. The van der Waals surface area contributed by atoms with Gasteiger partial charge in [0.25, 0.3) is 0 Å². The standard InChI is InChI=1S/C21H32O5/c1-13-5-8-17-19(2,9-10-21(4,25)20(17,3)12-22)15(13)7-6-14-16(23)11-26-18(14)24/h6,15-17,22-23,25H,1,5,7-12H2,2-4H3/b14-6-/t15-,16-,17+,19+,20+,21-/m1/s1. The van der Waals surface area contributed by atoms with Gasteiger partial charge >= 0.3 is 5.97 Å². The van der Waals surface area contributed by atoms with Crippen molar-refractivity contribution in [3.8, 4) is 0 Å². The second-order valence-corrected chi connectivity index (χ2v) is 9.17. The van der Waals surface area contributed by atoms with Crippen molar-refractivity contribution in [2.45, 2.75) is 64.6 Å². The smallest absolute Gasteiger partial charge is 0.336 e. The number of esters is 1. The Morgan fingerprint density at radius 2 is 2.00 bits per heavy atom. The molecule has 6 atom stereocenters. The van der Waals surface area contributed by atoms with Crippen LogP contribution in [0.4, 0.5) is 0 Å². The van der Waals surface area contributed by atoms with E-state index >= 15 is 0 Å². The van der Waals surface area contributed by atoms with Crippen molar-refractivity contribution in [3.63, 3.8) is 0 Å². The molecule has 0 amide bonds. The fraction of sp³-hybridized carbons (Fsp3) is 0.762. The maximum Gasteiger partial charge on any atom is 0.336 e. The minimum Gasteiger partial charge on any atom is -0.459 e. The SMILES string of the molecule is C=C1CC[C@H]2[C@@](C)(CC[C@@](C)(O)[C@@]2(C)CO)[C@@H]1C/C=C1\C(=O)OC[C@H]1O. The van der Waals surface area contributed by atoms with Crippen molar-refractivity contribution in [2.75, 3.05) is 13.2 Å². The van der Waals surface area contributed by atoms with E-state index < -0.39 is 23.1 Å². The average Bonchev–Trinajstić information content (AvgIpc) is 2.90. The molecule has 5 heteroatoms. The summed E-state index contributed by atoms with van der Waals surface area (Å²) in [4.78, 5) is 11.8. The van der Waals surface area contributed by atoms with Crippen LogP contribution in [0.15, 0.2) is 23.8 Å². The van der Waals surface area contributed by atoms with E-state index in [4.69, 9.17) is 4.74 Å². The van der Waals surface area contributed by atoms with Crippen molar-refractivity contribution >= 4 is 5.97 Å². The van der Waals surface area contributed by atoms with Crippen LogP contribution in [0.3, 0.4) is 0 Å². The molecule has 0 aromatic carbocycles. The summed E-state index contributed by atoms with van der Waals surface area (Å²) in [5.74, 6) is -0.123. The van der Waals surface area contributed by atoms with E-state index in [0.29, 0.717) is 18.4 Å². The number of aliphatic hydroxyl groups is 3. The van der Waals surface area contributed by atoms with Crippen LogP contribution in [0.2, 0.25) is 0 Å². The van der Waals surface area contributed by atoms with Crippen molar-refractivity contribution in [3.05, 3.63) is 23.8 Å². The zero-order valence-corrected chi connectivity index (χ0v) is 16.1. The highest BCUT2D eigenvalue weighted by atomic mass is 16.6. The van der Waals surface area contributed by atoms with Crippen molar-refractivity contribution in [1.82, 2.24) is 0 Å². The Morgan fingerprint density at radius 3 is 2.58 bits per heavy atom. The lowest BCUT2D eigenvalue weighted by Gasteiger charge is -2.63. The number of hydrogen-bond acceptors (Lipinski definition) is 5. The van der Waals surface area contributed by atoms with Gasteiger partial charge in [0, 0.05) is 5.41 Å². The lowest BCUT2D eigenvalue weighted by molar-refractivity contribution is -0.201. The third kappa shape index (κ3) is 2.76. The minimum atomic E-state index is -0.904. The first kappa shape index (κ1) is 19.6. The highest BCUT2D eigenvalue weighted by Crippen LogP contribution is 2.64. The van der Waals surface area contributed by atoms with Gasteiger partial charge in [-0.05, 0) is 56.3 Å². The van der Waals surface area contributed by atoms with Gasteiger partial charge in [0.15, 0.2) is 0 Å². The van der Waals surface area contributed by atoms with Crippen molar-refractivity contribution in [1.29, 1.82) is 0 Å². The van der Waals surface area contributed by atoms with Crippen LogP contribution in [-0.4, -0.2) is 46.2 Å². The molecule has 2 aliphatic carbocycles. The fourth-order valence-corrected chi connectivity index (χ4v) is 5.76. The maximum atomic E-state index is 11.8. The molecular weight excluding hydrogens is 332 g/mol. The van der Waals surface area contributed by atoms with Crippen LogP contribution in [-0.2, 0) is 9.53 Å². The van der Waals surface area contributed by atoms with Gasteiger partial charge in [-0.2, -0.15) is 0 Å². The third-order valence-electron chi connectivity index (χ3n) is 7.86. The van der Waals surface area contributed by atoms with Crippen LogP contribution < -0.4 is 0 Å². The highest BCUT2D eigenvalue weighted by molar-refractivity contribution is 5.91. The second kappa shape index (κ2) is 6.47. The van der Waals surface area contributed by atoms with E-state index in [-0.39, 0.29) is 30.5 Å². The number of rotatable bonds is 3. The summed E-state index contributed by atoms with van der Waals surface area (Å²) in [6.07, 6.45) is 4.82. The van der Waals surface area contributed by atoms with Gasteiger partial charge in [0.05, 0.1) is 17.8 Å². The normalized spacial score (nSPS) is 47.8. The van der Waals surface area contributed by atoms with E-state index in [1.54, 1.807) is 0 Å². The summed E-state index contributed by atoms with van der Waals surface area (Å²) in [5, 5.41) is 31.1. The molecule has 3 fully saturated rings. The molecule has 146 valence electrons. The topological polar surface area (TPSA) is 87.0 Å². The molecule has 3 aliphatic rings. The number of ether oxygens (including phenoxy) is 1. The Labute approximate surface area is 155 Å². The Kier molecular flexibility index (Phi) is 4.87. The first-order valence-corrected chi connectivity index (χ1v) is 9.63. The zero-order chi connectivity index (χ0) is 19.3. The highest BCUT2D eigenvalue weighted by Gasteiger charge is 2.61. The summed E-state index contributed by atoms with van der Waals surface area (Å²) < 4.78 is 4.91. The molecule has 5 nitrogen and oxygen atoms in total. The largest absolute Gasteiger partial charge is 0.459 e. The molecule has 3 N–H and O–H groups in total. The predicted octanol–water partition coefficient (Wildman–Crippen LogP) is 2.35. The van der Waals surface area contributed by atoms with Crippen LogP contribution >= 0.6 is 0 Å². The summed E-state index contributed by atoms with van der Waals surface area (Å²) in [6, 6.07) is 0. The lowest BCUT2D eigenvalue weighted by atomic mass is 9.43. The van der Waals surface area contributed by atoms with E-state index in [1.807, 2.05) is 19.9 Å². The van der Waals surface area contributed by atoms with Crippen molar-refractivity contribution < 1.29 is 24.9 Å². The van der Waals surface area contributed by atoms with Crippen LogP contribution in [0.5, 0.6) is 0 Å². The molecule has 3 rings (SSSR count). The molecule has 0 aromatic rings. The molecular formula is C21H32O5. The van der Waals surface area contributed by atoms with Crippen molar-refractivity contribution in [2.24, 2.45) is 22.7 Å². The average molecular weight is 364 g/mol. The minimum absolute atomic E-state index is 0.0294. The quantitative estimate of drug-likeness (QED) is 0.406. The van der Waals surface area contributed by atoms with Gasteiger partial charge in [0.2, 0.25) is 0 Å². The number of hydrogen-bond donors (Lipinski definition) is 3. The maximum absolute atomic E-state index is 11.8. The molecule has 0 spiro atoms. The molecule has 1 heterocycles. The Hall–Kier alpha value is -1.17. The Morgan fingerprint density at radius 1 is 1.31 bits per heavy atom. The first-order valence-electron chi connectivity index (χ1n) is 9.63. The molecule has 1 aliphatic heterocycles. The summed E-state index contributed by atoms with van der Waals surface area (Å²) in [6.45, 7) is 10.3. The molecule has 0 radical (unpaired) electrons. The summed E-state index contributed by atoms with van der Waals surface area (Å²) in [7, 11) is 0. The second-order valence-electron chi connectivity index (χ2n) is 9.17.